The van der Waals surface area contributed by atoms with Crippen molar-refractivity contribution in [3.8, 4) is 5.75 Å². The number of carbonyl (C=O) groups is 1. The van der Waals surface area contributed by atoms with Crippen LogP contribution in [0.4, 0.5) is 9.52 Å². The Hall–Kier alpha value is -2.91. The summed E-state index contributed by atoms with van der Waals surface area (Å²) in [5.74, 6) is 0.884. The van der Waals surface area contributed by atoms with E-state index in [0.717, 1.165) is 20.9 Å². The number of hydrogen-bond donors (Lipinski definition) is 1. The summed E-state index contributed by atoms with van der Waals surface area (Å²) in [6, 6.07) is 11.8. The van der Waals surface area contributed by atoms with Crippen molar-refractivity contribution < 1.29 is 18.3 Å². The minimum Gasteiger partial charge on any atom is -0.497 e. The summed E-state index contributed by atoms with van der Waals surface area (Å²) < 4.78 is 24.4. The molecule has 0 saturated carbocycles. The average Bonchev–Trinajstić information content (AvgIpc) is 3.34. The Bertz CT molecular complexity index is 1140. The minimum atomic E-state index is -0.260. The van der Waals surface area contributed by atoms with Crippen LogP contribution in [0, 0.1) is 5.82 Å². The fourth-order valence-electron chi connectivity index (χ4n) is 2.71. The third-order valence-electron chi connectivity index (χ3n) is 4.14. The lowest BCUT2D eigenvalue weighted by Crippen LogP contribution is -2.13. The molecule has 4 rings (SSSR count). The summed E-state index contributed by atoms with van der Waals surface area (Å²) in [5.41, 5.74) is 2.44. The largest absolute Gasteiger partial charge is 0.497 e. The maximum atomic E-state index is 13.0. The third kappa shape index (κ3) is 4.75. The van der Waals surface area contributed by atoms with Gasteiger partial charge in [0.2, 0.25) is 11.0 Å². The highest BCUT2D eigenvalue weighted by Crippen LogP contribution is 2.29. The number of hydrogen-bond acceptors (Lipinski definition) is 7. The van der Waals surface area contributed by atoms with Gasteiger partial charge in [0.05, 0.1) is 19.8 Å². The Labute approximate surface area is 174 Å². The number of rotatable bonds is 7. The first-order valence-corrected chi connectivity index (χ1v) is 10.5. The van der Waals surface area contributed by atoms with Gasteiger partial charge in [-0.3, -0.25) is 4.79 Å². The Kier molecular flexibility index (Phi) is 5.77. The lowest BCUT2D eigenvalue weighted by molar-refractivity contribution is -0.115. The number of benzene rings is 2. The maximum Gasteiger partial charge on any atom is 0.230 e. The van der Waals surface area contributed by atoms with Gasteiger partial charge in [-0.05, 0) is 29.8 Å². The highest BCUT2D eigenvalue weighted by molar-refractivity contribution is 8.00. The predicted octanol–water partition coefficient (Wildman–Crippen LogP) is 4.91. The number of methoxy groups -OCH3 is 1. The Morgan fingerprint density at radius 3 is 2.86 bits per heavy atom. The molecule has 1 N–H and O–H groups in total. The van der Waals surface area contributed by atoms with Crippen LogP contribution in [0.1, 0.15) is 11.1 Å². The number of fused-ring (bicyclic) bond motifs is 1. The zero-order valence-corrected chi connectivity index (χ0v) is 17.0. The molecule has 0 unspecified atom stereocenters. The zero-order chi connectivity index (χ0) is 20.2. The quantitative estimate of drug-likeness (QED) is 0.332. The van der Waals surface area contributed by atoms with Crippen LogP contribution in [-0.2, 0) is 17.0 Å². The molecule has 29 heavy (non-hydrogen) atoms. The molecule has 0 atom stereocenters. The van der Waals surface area contributed by atoms with Crippen molar-refractivity contribution >= 4 is 45.1 Å². The summed E-state index contributed by atoms with van der Waals surface area (Å²) in [6.07, 6.45) is 1.74. The van der Waals surface area contributed by atoms with Gasteiger partial charge in [0, 0.05) is 22.8 Å². The lowest BCUT2D eigenvalue weighted by atomic mass is 10.1. The van der Waals surface area contributed by atoms with Crippen LogP contribution in [0.15, 0.2) is 57.5 Å². The van der Waals surface area contributed by atoms with E-state index in [-0.39, 0.29) is 18.1 Å². The van der Waals surface area contributed by atoms with Gasteiger partial charge >= 0.3 is 0 Å². The molecular formula is C20H16FN3O3S2. The molecule has 0 saturated heterocycles. The molecule has 0 aliphatic carbocycles. The Morgan fingerprint density at radius 1 is 1.24 bits per heavy atom. The summed E-state index contributed by atoms with van der Waals surface area (Å²) in [6.45, 7) is 0. The molecule has 2 aromatic carbocycles. The molecule has 0 spiro atoms. The van der Waals surface area contributed by atoms with Crippen LogP contribution in [0.3, 0.4) is 0 Å². The summed E-state index contributed by atoms with van der Waals surface area (Å²) in [5, 5.41) is 12.2. The van der Waals surface area contributed by atoms with E-state index in [1.807, 2.05) is 12.1 Å². The van der Waals surface area contributed by atoms with Crippen LogP contribution in [0.2, 0.25) is 0 Å². The first kappa shape index (κ1) is 19.4. The van der Waals surface area contributed by atoms with Crippen LogP contribution in [-0.4, -0.2) is 23.2 Å². The summed E-state index contributed by atoms with van der Waals surface area (Å²) >= 11 is 2.78. The molecule has 6 nitrogen and oxygen atoms in total. The number of amides is 1. The number of furan rings is 1. The smallest absolute Gasteiger partial charge is 0.230 e. The number of carbonyl (C=O) groups excluding carboxylic acids is 1. The molecule has 2 heterocycles. The first-order valence-electron chi connectivity index (χ1n) is 8.65. The molecule has 2 aromatic heterocycles. The molecule has 0 bridgehead atoms. The number of thioether (sulfide) groups is 1. The van der Waals surface area contributed by atoms with E-state index in [9.17, 15) is 9.18 Å². The van der Waals surface area contributed by atoms with E-state index in [4.69, 9.17) is 9.15 Å². The van der Waals surface area contributed by atoms with E-state index in [1.54, 1.807) is 31.6 Å². The van der Waals surface area contributed by atoms with Gasteiger partial charge in [-0.25, -0.2) is 4.39 Å². The number of anilines is 1. The standard InChI is InChI=1S/C20H16FN3O3S2/c1-26-15-6-7-16-13(10-27-17(16)9-15)8-18(25)22-19-23-24-20(29-19)28-11-12-2-4-14(21)5-3-12/h2-7,9-10H,8,11H2,1H3,(H,22,23,25). The maximum absolute atomic E-state index is 13.0. The topological polar surface area (TPSA) is 77.2 Å². The van der Waals surface area contributed by atoms with Crippen molar-refractivity contribution in [1.82, 2.24) is 10.2 Å². The van der Waals surface area contributed by atoms with Crippen LogP contribution in [0.25, 0.3) is 11.0 Å². The number of aromatic nitrogens is 2. The van der Waals surface area contributed by atoms with Gasteiger partial charge in [-0.2, -0.15) is 0 Å². The monoisotopic (exact) mass is 429 g/mol. The Morgan fingerprint density at radius 2 is 2.07 bits per heavy atom. The Balaban J connectivity index is 1.35. The second-order valence-electron chi connectivity index (χ2n) is 6.14. The predicted molar refractivity (Wildman–Crippen MR) is 111 cm³/mol. The van der Waals surface area contributed by atoms with Crippen molar-refractivity contribution in [3.63, 3.8) is 0 Å². The van der Waals surface area contributed by atoms with Crippen LogP contribution >= 0.6 is 23.1 Å². The van der Waals surface area contributed by atoms with E-state index in [1.165, 1.54) is 35.2 Å². The first-order chi connectivity index (χ1) is 14.1. The van der Waals surface area contributed by atoms with Crippen molar-refractivity contribution in [2.24, 2.45) is 0 Å². The number of nitrogens with one attached hydrogen (secondary N) is 1. The van der Waals surface area contributed by atoms with E-state index >= 15 is 0 Å². The molecule has 0 aliphatic heterocycles. The fraction of sp³-hybridized carbons (Fsp3) is 0.150. The van der Waals surface area contributed by atoms with Gasteiger partial charge in [-0.1, -0.05) is 35.2 Å². The average molecular weight is 429 g/mol. The molecule has 1 amide bonds. The van der Waals surface area contributed by atoms with E-state index in [2.05, 4.69) is 15.5 Å². The third-order valence-corrected chi connectivity index (χ3v) is 6.19. The lowest BCUT2D eigenvalue weighted by Gasteiger charge is -2.01. The second kappa shape index (κ2) is 8.62. The number of halogens is 1. The van der Waals surface area contributed by atoms with Crippen molar-refractivity contribution in [1.29, 1.82) is 0 Å². The van der Waals surface area contributed by atoms with Crippen LogP contribution < -0.4 is 10.1 Å². The molecule has 4 aromatic rings. The normalized spacial score (nSPS) is 11.0. The molecule has 0 radical (unpaired) electrons. The SMILES string of the molecule is COc1ccc2c(CC(=O)Nc3nnc(SCc4ccc(F)cc4)s3)coc2c1. The number of nitrogens with zero attached hydrogens (tertiary/aromatic N) is 2. The zero-order valence-electron chi connectivity index (χ0n) is 15.3. The van der Waals surface area contributed by atoms with Crippen LogP contribution in [0.5, 0.6) is 5.75 Å². The fourth-order valence-corrected chi connectivity index (χ4v) is 4.43. The van der Waals surface area contributed by atoms with Crippen molar-refractivity contribution in [2.75, 3.05) is 12.4 Å². The molecule has 9 heteroatoms. The van der Waals surface area contributed by atoms with Gasteiger partial charge in [0.15, 0.2) is 4.34 Å². The summed E-state index contributed by atoms with van der Waals surface area (Å²) in [4.78, 5) is 12.4. The summed E-state index contributed by atoms with van der Waals surface area (Å²) in [7, 11) is 1.59. The molecule has 148 valence electrons. The van der Waals surface area contributed by atoms with Gasteiger partial charge in [0.1, 0.15) is 17.1 Å². The van der Waals surface area contributed by atoms with Gasteiger partial charge in [0.25, 0.3) is 0 Å². The second-order valence-corrected chi connectivity index (χ2v) is 8.34. The van der Waals surface area contributed by atoms with Crippen molar-refractivity contribution in [2.45, 2.75) is 16.5 Å². The van der Waals surface area contributed by atoms with Gasteiger partial charge in [-0.15, -0.1) is 10.2 Å². The molecule has 0 aliphatic rings. The minimum absolute atomic E-state index is 0.164. The molecular weight excluding hydrogens is 413 g/mol. The highest BCUT2D eigenvalue weighted by Gasteiger charge is 2.13. The molecule has 0 fully saturated rings. The van der Waals surface area contributed by atoms with Crippen molar-refractivity contribution in [3.05, 3.63) is 65.7 Å². The highest BCUT2D eigenvalue weighted by atomic mass is 32.2. The van der Waals surface area contributed by atoms with Gasteiger partial charge < -0.3 is 14.5 Å². The number of ether oxygens (including phenoxy) is 1. The van der Waals surface area contributed by atoms with E-state index in [0.29, 0.717) is 22.2 Å². The van der Waals surface area contributed by atoms with E-state index < -0.39 is 0 Å².